The van der Waals surface area contributed by atoms with Crippen molar-refractivity contribution in [2.75, 3.05) is 0 Å². The Bertz CT molecular complexity index is 745. The van der Waals surface area contributed by atoms with E-state index in [4.69, 9.17) is 4.43 Å². The average Bonchev–Trinajstić information content (AvgIpc) is 2.51. The van der Waals surface area contributed by atoms with E-state index < -0.39 is 8.32 Å². The summed E-state index contributed by atoms with van der Waals surface area (Å²) >= 11 is 2.31. The number of aryl methyl sites for hydroxylation is 1. The van der Waals surface area contributed by atoms with Crippen molar-refractivity contribution in [1.29, 1.82) is 0 Å². The van der Waals surface area contributed by atoms with Crippen LogP contribution < -0.4 is 0 Å². The van der Waals surface area contributed by atoms with Crippen molar-refractivity contribution in [1.82, 2.24) is 0 Å². The Morgan fingerprint density at radius 2 is 1.64 bits per heavy atom. The van der Waals surface area contributed by atoms with Gasteiger partial charge in [0, 0.05) is 0 Å². The van der Waals surface area contributed by atoms with Gasteiger partial charge in [-0.05, 0) is 64.4 Å². The van der Waals surface area contributed by atoms with Crippen molar-refractivity contribution in [3.8, 4) is 0 Å². The van der Waals surface area contributed by atoms with Crippen LogP contribution in [0.3, 0.4) is 0 Å². The van der Waals surface area contributed by atoms with Crippen molar-refractivity contribution in [2.24, 2.45) is 0 Å². The molecule has 3 heteroatoms. The smallest absolute Gasteiger partial charge is 0.193 e. The van der Waals surface area contributed by atoms with E-state index in [1.54, 1.807) is 0 Å². The molecule has 0 aliphatic carbocycles. The first-order valence-electron chi connectivity index (χ1n) is 9.02. The second-order valence-electron chi connectivity index (χ2n) is 8.65. The van der Waals surface area contributed by atoms with Crippen LogP contribution in [-0.2, 0) is 10.8 Å². The lowest BCUT2D eigenvalue weighted by Gasteiger charge is -2.43. The number of rotatable bonds is 6. The maximum Gasteiger partial charge on any atom is 0.193 e. The normalized spacial score (nSPS) is 15.6. The highest BCUT2D eigenvalue weighted by Gasteiger charge is 2.41. The minimum absolute atomic E-state index is 0.212. The molecule has 0 fully saturated rings. The van der Waals surface area contributed by atoms with Gasteiger partial charge in [0.1, 0.15) is 0 Å². The number of benzene rings is 2. The van der Waals surface area contributed by atoms with Crippen molar-refractivity contribution in [3.63, 3.8) is 0 Å². The molecule has 0 heterocycles. The molecule has 0 aliphatic rings. The van der Waals surface area contributed by atoms with E-state index in [-0.39, 0.29) is 10.6 Å². The summed E-state index contributed by atoms with van der Waals surface area (Å²) in [7, 11) is -1.81. The molecule has 0 N–H and O–H groups in total. The third-order valence-corrected chi connectivity index (χ3v) is 10.4. The molecule has 1 atom stereocenters. The summed E-state index contributed by atoms with van der Waals surface area (Å²) < 4.78 is 8.89. The standard InChI is InChI=1S/C22H31IOSi/c1-21(2,3)25(5,6)24-22(4,15-16-23)14-13-18-11-12-19-9-7-8-10-20(19)17-18/h7-12,15-17H,13-14H2,1-6H3/b16-15+. The number of fused-ring (bicyclic) bond motifs is 1. The molecule has 0 saturated heterocycles. The Morgan fingerprint density at radius 3 is 2.24 bits per heavy atom. The van der Waals surface area contributed by atoms with Crippen LogP contribution in [0.2, 0.25) is 18.1 Å². The molecule has 25 heavy (non-hydrogen) atoms. The molecule has 2 aromatic rings. The van der Waals surface area contributed by atoms with Crippen LogP contribution in [0.5, 0.6) is 0 Å². The summed E-state index contributed by atoms with van der Waals surface area (Å²) in [5.74, 6) is 0. The van der Waals surface area contributed by atoms with E-state index in [9.17, 15) is 0 Å². The molecule has 0 bridgehead atoms. The topological polar surface area (TPSA) is 9.23 Å². The molecular formula is C22H31IOSi. The van der Waals surface area contributed by atoms with Gasteiger partial charge in [0.25, 0.3) is 0 Å². The lowest BCUT2D eigenvalue weighted by molar-refractivity contribution is 0.112. The van der Waals surface area contributed by atoms with Gasteiger partial charge in [0.05, 0.1) is 5.60 Å². The highest BCUT2D eigenvalue weighted by Crippen LogP contribution is 2.40. The van der Waals surface area contributed by atoms with Crippen molar-refractivity contribution in [2.45, 2.75) is 64.3 Å². The van der Waals surface area contributed by atoms with Crippen LogP contribution in [0.15, 0.2) is 52.6 Å². The van der Waals surface area contributed by atoms with E-state index in [0.717, 1.165) is 12.8 Å². The fourth-order valence-electron chi connectivity index (χ4n) is 2.82. The fourth-order valence-corrected chi connectivity index (χ4v) is 5.23. The van der Waals surface area contributed by atoms with Crippen molar-refractivity contribution < 1.29 is 4.43 Å². The maximum absolute atomic E-state index is 6.79. The quantitative estimate of drug-likeness (QED) is 0.316. The Hall–Kier alpha value is -0.653. The van der Waals surface area contributed by atoms with E-state index in [2.05, 4.69) is 116 Å². The predicted octanol–water partition coefficient (Wildman–Crippen LogP) is 7.50. The highest BCUT2D eigenvalue weighted by atomic mass is 127. The molecule has 0 aliphatic heterocycles. The Balaban J connectivity index is 2.17. The summed E-state index contributed by atoms with van der Waals surface area (Å²) in [6, 6.07) is 15.4. The van der Waals surface area contributed by atoms with Crippen LogP contribution in [0.1, 0.15) is 39.7 Å². The van der Waals surface area contributed by atoms with Crippen molar-refractivity contribution >= 4 is 41.7 Å². The lowest BCUT2D eigenvalue weighted by Crippen LogP contribution is -2.48. The Kier molecular flexibility index (Phi) is 6.55. The molecule has 0 saturated carbocycles. The number of hydrogen-bond donors (Lipinski definition) is 0. The first kappa shape index (κ1) is 20.7. The van der Waals surface area contributed by atoms with Crippen LogP contribution >= 0.6 is 22.6 Å². The first-order valence-corrected chi connectivity index (χ1v) is 13.2. The minimum Gasteiger partial charge on any atom is -0.408 e. The van der Waals surface area contributed by atoms with Crippen LogP contribution in [0.4, 0.5) is 0 Å². The first-order chi connectivity index (χ1) is 11.6. The summed E-state index contributed by atoms with van der Waals surface area (Å²) in [5.41, 5.74) is 1.17. The van der Waals surface area contributed by atoms with Crippen LogP contribution in [0.25, 0.3) is 10.8 Å². The molecule has 1 nitrogen and oxygen atoms in total. The lowest BCUT2D eigenvalue weighted by atomic mass is 9.96. The monoisotopic (exact) mass is 466 g/mol. The fraction of sp³-hybridized carbons (Fsp3) is 0.455. The molecule has 136 valence electrons. The third kappa shape index (κ3) is 5.41. The zero-order valence-corrected chi connectivity index (χ0v) is 19.6. The zero-order valence-electron chi connectivity index (χ0n) is 16.4. The molecule has 2 aromatic carbocycles. The number of halogens is 1. The molecule has 0 amide bonds. The SMILES string of the molecule is CC(/C=C/I)(CCc1ccc2ccccc2c1)O[Si](C)(C)C(C)(C)C. The summed E-state index contributed by atoms with van der Waals surface area (Å²) in [6.45, 7) is 13.8. The van der Waals surface area contributed by atoms with E-state index in [1.807, 2.05) is 0 Å². The van der Waals surface area contributed by atoms with Gasteiger partial charge < -0.3 is 4.43 Å². The van der Waals surface area contributed by atoms with Crippen LogP contribution in [0, 0.1) is 0 Å². The average molecular weight is 466 g/mol. The third-order valence-electron chi connectivity index (χ3n) is 5.43. The van der Waals surface area contributed by atoms with Crippen molar-refractivity contribution in [3.05, 3.63) is 58.2 Å². The molecule has 1 unspecified atom stereocenters. The molecular weight excluding hydrogens is 435 g/mol. The maximum atomic E-state index is 6.79. The Labute approximate surface area is 168 Å². The van der Waals surface area contributed by atoms with E-state index in [1.165, 1.54) is 16.3 Å². The second kappa shape index (κ2) is 7.93. The largest absolute Gasteiger partial charge is 0.408 e. The second-order valence-corrected chi connectivity index (χ2v) is 14.1. The predicted molar refractivity (Wildman–Crippen MR) is 122 cm³/mol. The summed E-state index contributed by atoms with van der Waals surface area (Å²) in [4.78, 5) is 0. The summed E-state index contributed by atoms with van der Waals surface area (Å²) in [5, 5.41) is 2.84. The molecule has 0 aromatic heterocycles. The Morgan fingerprint density at radius 1 is 1.00 bits per heavy atom. The van der Waals surface area contributed by atoms with E-state index >= 15 is 0 Å². The van der Waals surface area contributed by atoms with Gasteiger partial charge >= 0.3 is 0 Å². The number of hydrogen-bond acceptors (Lipinski definition) is 1. The van der Waals surface area contributed by atoms with Gasteiger partial charge in [-0.15, -0.1) is 0 Å². The van der Waals surface area contributed by atoms with Gasteiger partial charge in [-0.1, -0.05) is 85.8 Å². The van der Waals surface area contributed by atoms with Gasteiger partial charge in [-0.25, -0.2) is 0 Å². The van der Waals surface area contributed by atoms with Crippen LogP contribution in [-0.4, -0.2) is 13.9 Å². The van der Waals surface area contributed by atoms with Gasteiger partial charge in [-0.2, -0.15) is 0 Å². The van der Waals surface area contributed by atoms with Gasteiger partial charge in [0.2, 0.25) is 0 Å². The molecule has 0 spiro atoms. The summed E-state index contributed by atoms with van der Waals surface area (Å²) in [6.07, 6.45) is 4.25. The minimum atomic E-state index is -1.81. The molecule has 0 radical (unpaired) electrons. The van der Waals surface area contributed by atoms with E-state index in [0.29, 0.717) is 0 Å². The van der Waals surface area contributed by atoms with Gasteiger partial charge in [-0.3, -0.25) is 0 Å². The molecule has 2 rings (SSSR count). The zero-order chi connectivity index (χ0) is 18.7. The highest BCUT2D eigenvalue weighted by molar-refractivity contribution is 14.1. The van der Waals surface area contributed by atoms with Gasteiger partial charge in [0.15, 0.2) is 8.32 Å².